The van der Waals surface area contributed by atoms with Crippen molar-refractivity contribution in [2.45, 2.75) is 64.2 Å². The van der Waals surface area contributed by atoms with Gasteiger partial charge in [0.1, 0.15) is 5.75 Å². The molecule has 0 fully saturated rings. The van der Waals surface area contributed by atoms with Crippen molar-refractivity contribution in [2.24, 2.45) is 0 Å². The van der Waals surface area contributed by atoms with Crippen molar-refractivity contribution in [3.8, 4) is 50.3 Å². The van der Waals surface area contributed by atoms with E-state index in [2.05, 4.69) is 131 Å². The molecule has 2 aliphatic carbocycles. The Morgan fingerprint density at radius 2 is 0.810 bits per heavy atom. The minimum absolute atomic E-state index is 0.00666. The molecule has 42 heavy (non-hydrogen) atoms. The number of hydrogen-bond donors (Lipinski definition) is 0. The summed E-state index contributed by atoms with van der Waals surface area (Å²) in [4.78, 5) is 0. The lowest BCUT2D eigenvalue weighted by Crippen LogP contribution is -2.23. The van der Waals surface area contributed by atoms with Crippen LogP contribution in [-0.2, 0) is 10.8 Å². The van der Waals surface area contributed by atoms with Gasteiger partial charge in [-0.1, -0.05) is 100 Å². The van der Waals surface area contributed by atoms with E-state index in [1.165, 1.54) is 66.8 Å². The summed E-state index contributed by atoms with van der Waals surface area (Å²) in [6, 6.07) is 39.1. The first kappa shape index (κ1) is 26.8. The molecule has 0 N–H and O–H groups in total. The number of rotatable bonds is 7. The summed E-state index contributed by atoms with van der Waals surface area (Å²) in [5.41, 5.74) is 16.8. The average Bonchev–Trinajstić information content (AvgIpc) is 3.50. The molecule has 5 aromatic rings. The Bertz CT molecular complexity index is 1800. The predicted octanol–water partition coefficient (Wildman–Crippen LogP) is 11.2. The standard InChI is InChI=1S/C41H40O/c1-6-40(7-2)36-13-11-10-12-32(36)33-22-17-29(25-37(33)40)30-18-23-35-34-21-16-28(27-14-19-31(42-5)20-15-27)24-38(34)41(8-3,9-4)39(35)26-30/h10-26H,6-9H2,1-5H3. The molecule has 0 spiro atoms. The molecule has 0 heterocycles. The van der Waals surface area contributed by atoms with Gasteiger partial charge in [0, 0.05) is 10.8 Å². The highest BCUT2D eigenvalue weighted by Gasteiger charge is 2.42. The lowest BCUT2D eigenvalue weighted by atomic mass is 9.72. The maximum atomic E-state index is 5.40. The smallest absolute Gasteiger partial charge is 0.118 e. The molecule has 0 aliphatic heterocycles. The number of methoxy groups -OCH3 is 1. The van der Waals surface area contributed by atoms with E-state index in [-0.39, 0.29) is 10.8 Å². The van der Waals surface area contributed by atoms with Gasteiger partial charge in [0.15, 0.2) is 0 Å². The summed E-state index contributed by atoms with van der Waals surface area (Å²) in [5.74, 6) is 0.891. The van der Waals surface area contributed by atoms with Crippen LogP contribution in [0.1, 0.15) is 75.6 Å². The summed E-state index contributed by atoms with van der Waals surface area (Å²) in [5, 5.41) is 0. The molecule has 0 unspecified atom stereocenters. The van der Waals surface area contributed by atoms with Gasteiger partial charge in [-0.25, -0.2) is 0 Å². The van der Waals surface area contributed by atoms with E-state index >= 15 is 0 Å². The Hall–Kier alpha value is -4.10. The number of benzene rings is 5. The van der Waals surface area contributed by atoms with E-state index < -0.39 is 0 Å². The van der Waals surface area contributed by atoms with Crippen molar-refractivity contribution in [1.29, 1.82) is 0 Å². The van der Waals surface area contributed by atoms with Gasteiger partial charge in [-0.3, -0.25) is 0 Å². The quantitative estimate of drug-likeness (QED) is 0.196. The molecule has 0 amide bonds. The van der Waals surface area contributed by atoms with Crippen LogP contribution < -0.4 is 4.74 Å². The lowest BCUT2D eigenvalue weighted by Gasteiger charge is -2.31. The van der Waals surface area contributed by atoms with E-state index in [0.717, 1.165) is 31.4 Å². The molecular formula is C41H40O. The fourth-order valence-corrected chi connectivity index (χ4v) is 8.30. The zero-order valence-electron chi connectivity index (χ0n) is 25.6. The van der Waals surface area contributed by atoms with Crippen LogP contribution in [0, 0.1) is 0 Å². The first-order chi connectivity index (χ1) is 20.5. The minimum atomic E-state index is 0.00666. The zero-order chi connectivity index (χ0) is 29.1. The van der Waals surface area contributed by atoms with Crippen molar-refractivity contribution in [3.63, 3.8) is 0 Å². The van der Waals surface area contributed by atoms with E-state index in [4.69, 9.17) is 4.74 Å². The zero-order valence-corrected chi connectivity index (χ0v) is 25.6. The van der Waals surface area contributed by atoms with Crippen LogP contribution in [0.25, 0.3) is 44.5 Å². The number of ether oxygens (including phenoxy) is 1. The van der Waals surface area contributed by atoms with Gasteiger partial charge in [0.05, 0.1) is 7.11 Å². The summed E-state index contributed by atoms with van der Waals surface area (Å²) in [6.07, 6.45) is 4.38. The molecule has 2 aliphatic rings. The number of hydrogen-bond acceptors (Lipinski definition) is 1. The van der Waals surface area contributed by atoms with Crippen LogP contribution >= 0.6 is 0 Å². The molecule has 0 radical (unpaired) electrons. The summed E-state index contributed by atoms with van der Waals surface area (Å²) in [6.45, 7) is 9.43. The molecule has 0 atom stereocenters. The SMILES string of the molecule is CCC1(CC)c2ccccc2-c2ccc(-c3ccc4c(c3)C(CC)(CC)c3cc(-c5ccc(OC)cc5)ccc3-4)cc21. The second kappa shape index (κ2) is 10.0. The van der Waals surface area contributed by atoms with Gasteiger partial charge in [-0.2, -0.15) is 0 Å². The van der Waals surface area contributed by atoms with E-state index in [0.29, 0.717) is 0 Å². The second-order valence-corrected chi connectivity index (χ2v) is 12.1. The molecule has 0 saturated carbocycles. The predicted molar refractivity (Wildman–Crippen MR) is 177 cm³/mol. The molecule has 1 nitrogen and oxygen atoms in total. The van der Waals surface area contributed by atoms with Crippen LogP contribution in [-0.4, -0.2) is 7.11 Å². The van der Waals surface area contributed by atoms with Crippen molar-refractivity contribution < 1.29 is 4.74 Å². The molecule has 0 saturated heterocycles. The van der Waals surface area contributed by atoms with Gasteiger partial charge in [0.2, 0.25) is 0 Å². The number of fused-ring (bicyclic) bond motifs is 6. The fourth-order valence-electron chi connectivity index (χ4n) is 8.30. The van der Waals surface area contributed by atoms with Crippen LogP contribution in [0.3, 0.4) is 0 Å². The van der Waals surface area contributed by atoms with Gasteiger partial charge in [-0.15, -0.1) is 0 Å². The largest absolute Gasteiger partial charge is 0.497 e. The fraction of sp³-hybridized carbons (Fsp3) is 0.268. The molecule has 210 valence electrons. The molecule has 7 rings (SSSR count). The summed E-state index contributed by atoms with van der Waals surface area (Å²) < 4.78 is 5.40. The van der Waals surface area contributed by atoms with Crippen LogP contribution in [0.4, 0.5) is 0 Å². The van der Waals surface area contributed by atoms with Crippen LogP contribution in [0.5, 0.6) is 5.75 Å². The maximum absolute atomic E-state index is 5.40. The Morgan fingerprint density at radius 3 is 1.26 bits per heavy atom. The van der Waals surface area contributed by atoms with Crippen molar-refractivity contribution in [3.05, 3.63) is 125 Å². The monoisotopic (exact) mass is 548 g/mol. The van der Waals surface area contributed by atoms with Crippen molar-refractivity contribution >= 4 is 0 Å². The van der Waals surface area contributed by atoms with Crippen molar-refractivity contribution in [1.82, 2.24) is 0 Å². The van der Waals surface area contributed by atoms with Gasteiger partial charge < -0.3 is 4.74 Å². The molecule has 5 aromatic carbocycles. The lowest BCUT2D eigenvalue weighted by molar-refractivity contribution is 0.415. The van der Waals surface area contributed by atoms with Crippen LogP contribution in [0.15, 0.2) is 103 Å². The summed E-state index contributed by atoms with van der Waals surface area (Å²) in [7, 11) is 1.72. The highest BCUT2D eigenvalue weighted by molar-refractivity contribution is 5.88. The van der Waals surface area contributed by atoms with Crippen molar-refractivity contribution in [2.75, 3.05) is 7.11 Å². The first-order valence-corrected chi connectivity index (χ1v) is 15.7. The third-order valence-electron chi connectivity index (χ3n) is 10.8. The van der Waals surface area contributed by atoms with E-state index in [1.54, 1.807) is 7.11 Å². The van der Waals surface area contributed by atoms with Crippen LogP contribution in [0.2, 0.25) is 0 Å². The van der Waals surface area contributed by atoms with Gasteiger partial charge in [-0.05, 0) is 123 Å². The molecular weight excluding hydrogens is 508 g/mol. The summed E-state index contributed by atoms with van der Waals surface area (Å²) >= 11 is 0. The third kappa shape index (κ3) is 3.62. The molecule has 0 aromatic heterocycles. The second-order valence-electron chi connectivity index (χ2n) is 12.1. The third-order valence-corrected chi connectivity index (χ3v) is 10.8. The highest BCUT2D eigenvalue weighted by atomic mass is 16.5. The molecule has 0 bridgehead atoms. The normalized spacial score (nSPS) is 15.1. The van der Waals surface area contributed by atoms with Gasteiger partial charge >= 0.3 is 0 Å². The topological polar surface area (TPSA) is 9.23 Å². The maximum Gasteiger partial charge on any atom is 0.118 e. The Morgan fingerprint density at radius 1 is 0.429 bits per heavy atom. The Labute approximate surface area is 251 Å². The molecule has 1 heteroatoms. The Balaban J connectivity index is 1.34. The van der Waals surface area contributed by atoms with Gasteiger partial charge in [0.25, 0.3) is 0 Å². The van der Waals surface area contributed by atoms with E-state index in [1.807, 2.05) is 0 Å². The van der Waals surface area contributed by atoms with E-state index in [9.17, 15) is 0 Å². The minimum Gasteiger partial charge on any atom is -0.497 e. The first-order valence-electron chi connectivity index (χ1n) is 15.7. The highest BCUT2D eigenvalue weighted by Crippen LogP contribution is 2.56. The Kier molecular flexibility index (Phi) is 6.39. The average molecular weight is 549 g/mol.